The van der Waals surface area contributed by atoms with E-state index in [1.54, 1.807) is 0 Å². The summed E-state index contributed by atoms with van der Waals surface area (Å²) in [5, 5.41) is 3.57. The molecule has 2 aliphatic rings. The zero-order valence-corrected chi connectivity index (χ0v) is 15.0. The van der Waals surface area contributed by atoms with Crippen molar-refractivity contribution in [3.05, 3.63) is 90.0 Å². The maximum Gasteiger partial charge on any atom is 0.231 e. The van der Waals surface area contributed by atoms with Crippen molar-refractivity contribution in [1.82, 2.24) is 9.55 Å². The third-order valence-corrected chi connectivity index (χ3v) is 5.24. The van der Waals surface area contributed by atoms with Crippen molar-refractivity contribution >= 4 is 22.7 Å². The number of para-hydroxylation sites is 2. The summed E-state index contributed by atoms with van der Waals surface area (Å²) >= 11 is 0. The summed E-state index contributed by atoms with van der Waals surface area (Å²) in [7, 11) is 0. The smallest absolute Gasteiger partial charge is 0.231 e. The summed E-state index contributed by atoms with van der Waals surface area (Å²) in [4.78, 5) is 4.83. The van der Waals surface area contributed by atoms with Gasteiger partial charge in [-0.15, -0.1) is 0 Å². The van der Waals surface area contributed by atoms with Gasteiger partial charge < -0.3 is 14.8 Å². The van der Waals surface area contributed by atoms with Crippen LogP contribution in [0, 0.1) is 0 Å². The molecule has 5 nitrogen and oxygen atoms in total. The van der Waals surface area contributed by atoms with Gasteiger partial charge in [0.2, 0.25) is 12.7 Å². The fourth-order valence-corrected chi connectivity index (χ4v) is 3.90. The largest absolute Gasteiger partial charge is 0.454 e. The van der Waals surface area contributed by atoms with Crippen LogP contribution in [0.25, 0.3) is 16.7 Å². The van der Waals surface area contributed by atoms with Gasteiger partial charge >= 0.3 is 0 Å². The summed E-state index contributed by atoms with van der Waals surface area (Å²) in [6.45, 7) is 0.276. The Balaban J connectivity index is 1.54. The van der Waals surface area contributed by atoms with E-state index in [1.807, 2.05) is 36.4 Å². The number of ether oxygens (including phenoxy) is 2. The van der Waals surface area contributed by atoms with Crippen molar-refractivity contribution in [3.8, 4) is 11.5 Å². The molecule has 1 atom stereocenters. The highest BCUT2D eigenvalue weighted by atomic mass is 16.7. The van der Waals surface area contributed by atoms with Crippen LogP contribution in [0.15, 0.2) is 78.9 Å². The number of benzene rings is 3. The van der Waals surface area contributed by atoms with Gasteiger partial charge in [-0.1, -0.05) is 48.5 Å². The number of hydrogen-bond acceptors (Lipinski definition) is 4. The molecule has 0 radical (unpaired) electrons. The first-order valence-electron chi connectivity index (χ1n) is 9.28. The van der Waals surface area contributed by atoms with E-state index in [0.29, 0.717) is 0 Å². The zero-order valence-electron chi connectivity index (χ0n) is 15.0. The zero-order chi connectivity index (χ0) is 18.5. The Morgan fingerprint density at radius 2 is 1.71 bits per heavy atom. The van der Waals surface area contributed by atoms with Crippen molar-refractivity contribution < 1.29 is 9.47 Å². The van der Waals surface area contributed by atoms with Gasteiger partial charge in [0.1, 0.15) is 0 Å². The summed E-state index contributed by atoms with van der Waals surface area (Å²) < 4.78 is 13.2. The van der Waals surface area contributed by atoms with Crippen LogP contribution in [0.5, 0.6) is 11.5 Å². The molecule has 0 saturated heterocycles. The average molecular weight is 367 g/mol. The molecule has 4 aromatic rings. The molecular formula is C23H17N3O2. The van der Waals surface area contributed by atoms with Crippen LogP contribution in [-0.2, 0) is 0 Å². The molecule has 1 N–H and O–H groups in total. The summed E-state index contributed by atoms with van der Waals surface area (Å²) in [5.74, 6) is 2.41. The lowest BCUT2D eigenvalue weighted by molar-refractivity contribution is 0.174. The van der Waals surface area contributed by atoms with E-state index in [0.717, 1.165) is 45.3 Å². The van der Waals surface area contributed by atoms with Gasteiger partial charge in [-0.2, -0.15) is 0 Å². The van der Waals surface area contributed by atoms with E-state index in [4.69, 9.17) is 14.5 Å². The topological polar surface area (TPSA) is 48.3 Å². The van der Waals surface area contributed by atoms with E-state index >= 15 is 0 Å². The van der Waals surface area contributed by atoms with Gasteiger partial charge in [0.25, 0.3) is 0 Å². The van der Waals surface area contributed by atoms with Crippen LogP contribution in [0.1, 0.15) is 17.2 Å². The molecular weight excluding hydrogens is 350 g/mol. The molecule has 6 rings (SSSR count). The standard InChI is InChI=1S/C23H17N3O2/c1-2-6-15(7-3-1)20-13-18(16-10-11-21-22(12-16)28-14-27-21)25-23-24-17-8-4-5-9-19(17)26(20)23/h1-13,18H,14H2,(H,24,25). The normalized spacial score (nSPS) is 17.1. The SMILES string of the molecule is C1=C(c2ccccc2)n2c(nc3ccccc32)NC1c1ccc2c(c1)OCO2. The molecule has 0 fully saturated rings. The quantitative estimate of drug-likeness (QED) is 0.552. The predicted molar refractivity (Wildman–Crippen MR) is 108 cm³/mol. The van der Waals surface area contributed by atoms with Gasteiger partial charge in [0.05, 0.1) is 22.8 Å². The van der Waals surface area contributed by atoms with Gasteiger partial charge in [0.15, 0.2) is 11.5 Å². The summed E-state index contributed by atoms with van der Waals surface area (Å²) in [6, 6.07) is 24.7. The minimum Gasteiger partial charge on any atom is -0.454 e. The lowest BCUT2D eigenvalue weighted by Gasteiger charge is -2.26. The number of aromatic nitrogens is 2. The minimum atomic E-state index is -0.0194. The summed E-state index contributed by atoms with van der Waals surface area (Å²) in [6.07, 6.45) is 2.24. The fraction of sp³-hybridized carbons (Fsp3) is 0.0870. The second-order valence-electron chi connectivity index (χ2n) is 6.91. The number of hydrogen-bond donors (Lipinski definition) is 1. The Morgan fingerprint density at radius 3 is 2.64 bits per heavy atom. The van der Waals surface area contributed by atoms with Gasteiger partial charge in [-0.05, 0) is 41.5 Å². The van der Waals surface area contributed by atoms with Crippen LogP contribution in [0.2, 0.25) is 0 Å². The van der Waals surface area contributed by atoms with Crippen LogP contribution >= 0.6 is 0 Å². The highest BCUT2D eigenvalue weighted by Gasteiger charge is 2.25. The Bertz CT molecular complexity index is 1230. The minimum absolute atomic E-state index is 0.0194. The van der Waals surface area contributed by atoms with E-state index in [-0.39, 0.29) is 12.8 Å². The van der Waals surface area contributed by atoms with Crippen LogP contribution in [-0.4, -0.2) is 16.3 Å². The predicted octanol–water partition coefficient (Wildman–Crippen LogP) is 4.82. The second kappa shape index (κ2) is 5.89. The lowest BCUT2D eigenvalue weighted by atomic mass is 10.0. The maximum absolute atomic E-state index is 5.57. The van der Waals surface area contributed by atoms with Gasteiger partial charge in [0, 0.05) is 0 Å². The van der Waals surface area contributed by atoms with Gasteiger partial charge in [-0.3, -0.25) is 4.57 Å². The molecule has 2 aliphatic heterocycles. The first-order valence-corrected chi connectivity index (χ1v) is 9.28. The molecule has 0 bridgehead atoms. The summed E-state index contributed by atoms with van der Waals surface area (Å²) in [5.41, 5.74) is 5.43. The highest BCUT2D eigenvalue weighted by molar-refractivity contribution is 5.88. The van der Waals surface area contributed by atoms with Gasteiger partial charge in [-0.25, -0.2) is 4.98 Å². The Morgan fingerprint density at radius 1 is 0.893 bits per heavy atom. The first kappa shape index (κ1) is 15.3. The number of anilines is 1. The van der Waals surface area contributed by atoms with Crippen molar-refractivity contribution in [3.63, 3.8) is 0 Å². The Hall–Kier alpha value is -3.73. The van der Waals surface area contributed by atoms with Crippen molar-refractivity contribution in [2.45, 2.75) is 6.04 Å². The number of imidazole rings is 1. The van der Waals surface area contributed by atoms with Crippen molar-refractivity contribution in [1.29, 1.82) is 0 Å². The van der Waals surface area contributed by atoms with Crippen LogP contribution in [0.3, 0.4) is 0 Å². The maximum atomic E-state index is 5.57. The third-order valence-electron chi connectivity index (χ3n) is 5.24. The lowest BCUT2D eigenvalue weighted by Crippen LogP contribution is -2.19. The van der Waals surface area contributed by atoms with E-state index in [1.165, 1.54) is 0 Å². The van der Waals surface area contributed by atoms with Crippen molar-refractivity contribution in [2.24, 2.45) is 0 Å². The molecule has 0 spiro atoms. The highest BCUT2D eigenvalue weighted by Crippen LogP contribution is 2.39. The first-order chi connectivity index (χ1) is 13.9. The molecule has 0 saturated carbocycles. The second-order valence-corrected chi connectivity index (χ2v) is 6.91. The number of fused-ring (bicyclic) bond motifs is 4. The number of nitrogens with one attached hydrogen (secondary N) is 1. The van der Waals surface area contributed by atoms with E-state index in [9.17, 15) is 0 Å². The molecule has 1 aromatic heterocycles. The molecule has 0 amide bonds. The van der Waals surface area contributed by atoms with E-state index < -0.39 is 0 Å². The van der Waals surface area contributed by atoms with E-state index in [2.05, 4.69) is 52.4 Å². The Kier molecular flexibility index (Phi) is 3.23. The monoisotopic (exact) mass is 367 g/mol. The molecule has 0 aliphatic carbocycles. The number of rotatable bonds is 2. The van der Waals surface area contributed by atoms with Crippen LogP contribution < -0.4 is 14.8 Å². The molecule has 5 heteroatoms. The number of nitrogens with zero attached hydrogens (tertiary/aromatic N) is 2. The molecule has 136 valence electrons. The molecule has 3 aromatic carbocycles. The van der Waals surface area contributed by atoms with Crippen molar-refractivity contribution in [2.75, 3.05) is 12.1 Å². The molecule has 28 heavy (non-hydrogen) atoms. The average Bonchev–Trinajstić information content (AvgIpc) is 3.37. The third kappa shape index (κ3) is 2.29. The molecule has 1 unspecified atom stereocenters. The molecule has 3 heterocycles. The Labute approximate surface area is 161 Å². The fourth-order valence-electron chi connectivity index (χ4n) is 3.90. The van der Waals surface area contributed by atoms with Crippen LogP contribution in [0.4, 0.5) is 5.95 Å².